The van der Waals surface area contributed by atoms with Crippen molar-refractivity contribution >= 4 is 35.1 Å². The van der Waals surface area contributed by atoms with Crippen LogP contribution in [-0.4, -0.2) is 73.3 Å². The summed E-state index contributed by atoms with van der Waals surface area (Å²) in [6.07, 6.45) is 3.85. The first-order valence-corrected chi connectivity index (χ1v) is 12.6. The van der Waals surface area contributed by atoms with E-state index in [1.807, 2.05) is 24.3 Å². The van der Waals surface area contributed by atoms with Crippen LogP contribution in [0.4, 0.5) is 5.82 Å². The molecule has 0 saturated carbocycles. The SMILES string of the molecule is O=C(NCCN1CCCCC1)c1cccc(CSc2nc(Cl)cc(N3CCOCC3)n2)c1. The Kier molecular flexibility index (Phi) is 8.62. The number of carbonyl (C=O) groups excluding carboxylic acids is 1. The van der Waals surface area contributed by atoms with Gasteiger partial charge in [-0.2, -0.15) is 0 Å². The van der Waals surface area contributed by atoms with E-state index in [4.69, 9.17) is 16.3 Å². The molecule has 1 amide bonds. The highest BCUT2D eigenvalue weighted by Gasteiger charge is 2.15. The van der Waals surface area contributed by atoms with Gasteiger partial charge < -0.3 is 19.9 Å². The smallest absolute Gasteiger partial charge is 0.251 e. The van der Waals surface area contributed by atoms with Crippen molar-refractivity contribution < 1.29 is 9.53 Å². The maximum absolute atomic E-state index is 12.6. The third kappa shape index (κ3) is 6.81. The van der Waals surface area contributed by atoms with Gasteiger partial charge in [0.15, 0.2) is 5.16 Å². The summed E-state index contributed by atoms with van der Waals surface area (Å²) < 4.78 is 5.41. The summed E-state index contributed by atoms with van der Waals surface area (Å²) in [5.41, 5.74) is 1.73. The van der Waals surface area contributed by atoms with Gasteiger partial charge in [-0.15, -0.1) is 0 Å². The maximum Gasteiger partial charge on any atom is 0.251 e. The number of carbonyl (C=O) groups is 1. The third-order valence-corrected chi connectivity index (χ3v) is 6.83. The normalized spacial score (nSPS) is 17.3. The third-order valence-electron chi connectivity index (χ3n) is 5.72. The Morgan fingerprint density at radius 1 is 1.09 bits per heavy atom. The van der Waals surface area contributed by atoms with Crippen molar-refractivity contribution in [2.75, 3.05) is 57.4 Å². The monoisotopic (exact) mass is 475 g/mol. The fourth-order valence-corrected chi connectivity index (χ4v) is 4.99. The molecule has 0 bridgehead atoms. The number of hydrogen-bond acceptors (Lipinski definition) is 7. The molecule has 32 heavy (non-hydrogen) atoms. The number of amides is 1. The minimum absolute atomic E-state index is 0.0255. The van der Waals surface area contributed by atoms with E-state index in [1.54, 1.807) is 6.07 Å². The highest BCUT2D eigenvalue weighted by molar-refractivity contribution is 7.98. The first-order chi connectivity index (χ1) is 15.7. The first kappa shape index (κ1) is 23.3. The van der Waals surface area contributed by atoms with Crippen LogP contribution in [0.25, 0.3) is 0 Å². The van der Waals surface area contributed by atoms with Gasteiger partial charge in [0.1, 0.15) is 11.0 Å². The number of nitrogens with zero attached hydrogens (tertiary/aromatic N) is 4. The predicted octanol–water partition coefficient (Wildman–Crippen LogP) is 3.47. The number of morpholine rings is 1. The molecule has 0 atom stereocenters. The Bertz CT molecular complexity index is 904. The number of nitrogens with one attached hydrogen (secondary N) is 1. The van der Waals surface area contributed by atoms with Crippen LogP contribution in [0.15, 0.2) is 35.5 Å². The van der Waals surface area contributed by atoms with Crippen LogP contribution in [0.2, 0.25) is 5.15 Å². The highest BCUT2D eigenvalue weighted by atomic mass is 35.5. The minimum Gasteiger partial charge on any atom is -0.378 e. The van der Waals surface area contributed by atoms with Gasteiger partial charge in [-0.25, -0.2) is 9.97 Å². The van der Waals surface area contributed by atoms with E-state index >= 15 is 0 Å². The molecule has 1 aromatic heterocycles. The van der Waals surface area contributed by atoms with Crippen molar-refractivity contribution in [3.63, 3.8) is 0 Å². The van der Waals surface area contributed by atoms with Crippen LogP contribution < -0.4 is 10.2 Å². The fourth-order valence-electron chi connectivity index (χ4n) is 3.97. The lowest BCUT2D eigenvalue weighted by atomic mass is 10.1. The number of benzene rings is 1. The zero-order valence-electron chi connectivity index (χ0n) is 18.3. The van der Waals surface area contributed by atoms with Crippen molar-refractivity contribution in [3.05, 3.63) is 46.6 Å². The lowest BCUT2D eigenvalue weighted by Gasteiger charge is -2.27. The Balaban J connectivity index is 1.30. The molecule has 172 valence electrons. The summed E-state index contributed by atoms with van der Waals surface area (Å²) in [5.74, 6) is 1.47. The lowest BCUT2D eigenvalue weighted by molar-refractivity contribution is 0.0946. The maximum atomic E-state index is 12.6. The van der Waals surface area contributed by atoms with Crippen LogP contribution in [-0.2, 0) is 10.5 Å². The van der Waals surface area contributed by atoms with Crippen LogP contribution in [0.3, 0.4) is 0 Å². The molecule has 0 aliphatic carbocycles. The quantitative estimate of drug-likeness (QED) is 0.356. The Labute approximate surface area is 198 Å². The molecule has 0 spiro atoms. The summed E-state index contributed by atoms with van der Waals surface area (Å²) in [5, 5.41) is 4.12. The van der Waals surface area contributed by atoms with Crippen LogP contribution in [0.5, 0.6) is 0 Å². The van der Waals surface area contributed by atoms with Gasteiger partial charge >= 0.3 is 0 Å². The zero-order valence-corrected chi connectivity index (χ0v) is 19.8. The van der Waals surface area contributed by atoms with Gasteiger partial charge in [-0.1, -0.05) is 41.9 Å². The Hall–Kier alpha value is -1.87. The van der Waals surface area contributed by atoms with E-state index in [9.17, 15) is 4.79 Å². The summed E-state index contributed by atoms with van der Waals surface area (Å²) >= 11 is 7.76. The highest BCUT2D eigenvalue weighted by Crippen LogP contribution is 2.25. The molecule has 0 unspecified atom stereocenters. The van der Waals surface area contributed by atoms with Gasteiger partial charge in [-0.3, -0.25) is 4.79 Å². The van der Waals surface area contributed by atoms with Gasteiger partial charge in [0.2, 0.25) is 0 Å². The van der Waals surface area contributed by atoms with Gasteiger partial charge in [0.25, 0.3) is 5.91 Å². The topological polar surface area (TPSA) is 70.6 Å². The number of halogens is 1. The average Bonchev–Trinajstić information content (AvgIpc) is 2.84. The van der Waals surface area contributed by atoms with Crippen LogP contribution in [0.1, 0.15) is 35.2 Å². The van der Waals surface area contributed by atoms with Gasteiger partial charge in [-0.05, 0) is 43.6 Å². The largest absolute Gasteiger partial charge is 0.378 e. The summed E-state index contributed by atoms with van der Waals surface area (Å²) in [6.45, 7) is 6.85. The lowest BCUT2D eigenvalue weighted by Crippen LogP contribution is -2.37. The molecule has 2 aromatic rings. The minimum atomic E-state index is -0.0255. The summed E-state index contributed by atoms with van der Waals surface area (Å²) in [7, 11) is 0. The second-order valence-electron chi connectivity index (χ2n) is 8.08. The van der Waals surface area contributed by atoms with E-state index in [2.05, 4.69) is 25.1 Å². The van der Waals surface area contributed by atoms with E-state index < -0.39 is 0 Å². The van der Waals surface area contributed by atoms with Crippen molar-refractivity contribution in [1.82, 2.24) is 20.2 Å². The molecule has 7 nitrogen and oxygen atoms in total. The number of ether oxygens (including phenoxy) is 1. The molecule has 2 fully saturated rings. The van der Waals surface area contributed by atoms with Crippen molar-refractivity contribution in [1.29, 1.82) is 0 Å². The molecule has 2 aliphatic heterocycles. The van der Waals surface area contributed by atoms with E-state index in [0.717, 1.165) is 44.1 Å². The number of aromatic nitrogens is 2. The second-order valence-corrected chi connectivity index (χ2v) is 9.41. The standard InChI is InChI=1S/C23H30ClN5O2S/c24-20-16-21(29-11-13-31-14-12-29)27-23(26-20)32-17-18-5-4-6-19(15-18)22(30)25-7-10-28-8-2-1-3-9-28/h4-6,15-16H,1-3,7-14,17H2,(H,25,30). The molecule has 4 rings (SSSR count). The molecule has 3 heterocycles. The summed E-state index contributed by atoms with van der Waals surface area (Å²) in [4.78, 5) is 26.2. The number of piperidine rings is 1. The summed E-state index contributed by atoms with van der Waals surface area (Å²) in [6, 6.07) is 9.54. The average molecular weight is 476 g/mol. The molecule has 9 heteroatoms. The number of likely N-dealkylation sites (tertiary alicyclic amines) is 1. The van der Waals surface area contributed by atoms with Gasteiger partial charge in [0, 0.05) is 43.6 Å². The molecule has 2 saturated heterocycles. The molecule has 0 radical (unpaired) electrons. The number of rotatable bonds is 8. The van der Waals surface area contributed by atoms with Crippen molar-refractivity contribution in [2.24, 2.45) is 0 Å². The van der Waals surface area contributed by atoms with E-state index in [0.29, 0.717) is 41.4 Å². The number of thioether (sulfide) groups is 1. The molecular weight excluding hydrogens is 446 g/mol. The molecule has 1 aromatic carbocycles. The number of hydrogen-bond donors (Lipinski definition) is 1. The second kappa shape index (κ2) is 11.8. The van der Waals surface area contributed by atoms with Crippen molar-refractivity contribution in [2.45, 2.75) is 30.2 Å². The predicted molar refractivity (Wildman–Crippen MR) is 129 cm³/mol. The first-order valence-electron chi connectivity index (χ1n) is 11.3. The number of anilines is 1. The zero-order chi connectivity index (χ0) is 22.2. The van der Waals surface area contributed by atoms with Crippen molar-refractivity contribution in [3.8, 4) is 0 Å². The molecular formula is C23H30ClN5O2S. The van der Waals surface area contributed by atoms with Crippen LogP contribution in [0, 0.1) is 0 Å². The van der Waals surface area contributed by atoms with Crippen LogP contribution >= 0.6 is 23.4 Å². The van der Waals surface area contributed by atoms with E-state index in [-0.39, 0.29) is 5.91 Å². The Morgan fingerprint density at radius 3 is 2.72 bits per heavy atom. The molecule has 1 N–H and O–H groups in total. The Morgan fingerprint density at radius 2 is 1.91 bits per heavy atom. The van der Waals surface area contributed by atoms with Gasteiger partial charge in [0.05, 0.1) is 13.2 Å². The fraction of sp³-hybridized carbons (Fsp3) is 0.522. The van der Waals surface area contributed by atoms with E-state index in [1.165, 1.54) is 31.0 Å². The molecule has 2 aliphatic rings.